The maximum absolute atomic E-state index is 12.3. The van der Waals surface area contributed by atoms with Gasteiger partial charge < -0.3 is 15.8 Å². The zero-order valence-corrected chi connectivity index (χ0v) is 19.1. The van der Waals surface area contributed by atoms with Crippen molar-refractivity contribution in [3.05, 3.63) is 29.8 Å². The summed E-state index contributed by atoms with van der Waals surface area (Å²) >= 11 is 0. The predicted octanol–water partition coefficient (Wildman–Crippen LogP) is 6.49. The monoisotopic (exact) mass is 404 g/mol. The van der Waals surface area contributed by atoms with Gasteiger partial charge in [-0.15, -0.1) is 0 Å². The van der Waals surface area contributed by atoms with Crippen LogP contribution in [0.25, 0.3) is 0 Å². The Bertz CT molecular complexity index is 516. The number of carbonyl (C=O) groups is 1. The zero-order valence-electron chi connectivity index (χ0n) is 19.1. The van der Waals surface area contributed by atoms with Crippen molar-refractivity contribution in [2.45, 2.75) is 110 Å². The lowest BCUT2D eigenvalue weighted by Gasteiger charge is -2.22. The molecular weight excluding hydrogens is 360 g/mol. The Morgan fingerprint density at radius 2 is 1.41 bits per heavy atom. The number of anilines is 1. The van der Waals surface area contributed by atoms with Crippen LogP contribution in [-0.2, 0) is 4.74 Å². The van der Waals surface area contributed by atoms with Crippen molar-refractivity contribution >= 4 is 11.7 Å². The maximum atomic E-state index is 12.3. The van der Waals surface area contributed by atoms with E-state index in [1.54, 1.807) is 24.3 Å². The number of nitrogen functional groups attached to an aromatic ring is 1. The second-order valence-corrected chi connectivity index (χ2v) is 8.35. The maximum Gasteiger partial charge on any atom is 0.338 e. The summed E-state index contributed by atoms with van der Waals surface area (Å²) < 4.78 is 5.60. The number of esters is 1. The minimum Gasteiger partial charge on any atom is -0.458 e. The van der Waals surface area contributed by atoms with E-state index in [0.29, 0.717) is 23.8 Å². The molecule has 1 atom stereocenters. The standard InChI is InChI=1S/C25H44N2O2/c1-4-6-8-10-12-14-24(15-13-11-9-7-5-2)27-20-21(3)29-25(28)22-16-18-23(26)19-17-22/h16-19,21,24,27H,4-15,20,26H2,1-3H3. The lowest BCUT2D eigenvalue weighted by atomic mass is 10.0. The summed E-state index contributed by atoms with van der Waals surface area (Å²) in [6.07, 6.45) is 15.4. The first kappa shape index (κ1) is 25.5. The normalized spacial score (nSPS) is 12.3. The number of carbonyl (C=O) groups excluding carboxylic acids is 1. The van der Waals surface area contributed by atoms with Crippen molar-refractivity contribution in [2.24, 2.45) is 0 Å². The second kappa shape index (κ2) is 16.3. The first-order valence-corrected chi connectivity index (χ1v) is 11.9. The average molecular weight is 405 g/mol. The van der Waals surface area contributed by atoms with Gasteiger partial charge in [-0.3, -0.25) is 0 Å². The van der Waals surface area contributed by atoms with Crippen molar-refractivity contribution in [3.63, 3.8) is 0 Å². The summed E-state index contributed by atoms with van der Waals surface area (Å²) in [7, 11) is 0. The van der Waals surface area contributed by atoms with Crippen LogP contribution in [0.3, 0.4) is 0 Å². The number of rotatable bonds is 17. The highest BCUT2D eigenvalue weighted by atomic mass is 16.5. The van der Waals surface area contributed by atoms with E-state index in [9.17, 15) is 4.79 Å². The van der Waals surface area contributed by atoms with E-state index in [1.807, 2.05) is 6.92 Å². The number of hydrogen-bond acceptors (Lipinski definition) is 4. The van der Waals surface area contributed by atoms with Crippen molar-refractivity contribution in [1.82, 2.24) is 5.32 Å². The van der Waals surface area contributed by atoms with E-state index >= 15 is 0 Å². The van der Waals surface area contributed by atoms with Crippen molar-refractivity contribution in [3.8, 4) is 0 Å². The molecule has 4 heteroatoms. The summed E-state index contributed by atoms with van der Waals surface area (Å²) in [5.74, 6) is -0.282. The third kappa shape index (κ3) is 12.6. The highest BCUT2D eigenvalue weighted by Gasteiger charge is 2.14. The molecule has 0 bridgehead atoms. The Balaban J connectivity index is 2.37. The van der Waals surface area contributed by atoms with Gasteiger partial charge in [0.1, 0.15) is 6.10 Å². The third-order valence-corrected chi connectivity index (χ3v) is 5.46. The van der Waals surface area contributed by atoms with Gasteiger partial charge in [-0.05, 0) is 44.0 Å². The van der Waals surface area contributed by atoms with Gasteiger partial charge in [-0.25, -0.2) is 4.79 Å². The molecule has 0 aliphatic carbocycles. The van der Waals surface area contributed by atoms with Crippen LogP contribution < -0.4 is 11.1 Å². The van der Waals surface area contributed by atoms with E-state index in [0.717, 1.165) is 0 Å². The van der Waals surface area contributed by atoms with Gasteiger partial charge in [0.2, 0.25) is 0 Å². The first-order chi connectivity index (χ1) is 14.1. The minimum atomic E-state index is -0.282. The van der Waals surface area contributed by atoms with Gasteiger partial charge in [0.05, 0.1) is 5.56 Å². The molecule has 1 rings (SSSR count). The van der Waals surface area contributed by atoms with Gasteiger partial charge in [0.15, 0.2) is 0 Å². The Morgan fingerprint density at radius 3 is 1.93 bits per heavy atom. The fraction of sp³-hybridized carbons (Fsp3) is 0.720. The van der Waals surface area contributed by atoms with E-state index in [-0.39, 0.29) is 12.1 Å². The number of nitrogens with one attached hydrogen (secondary N) is 1. The number of nitrogens with two attached hydrogens (primary N) is 1. The van der Waals surface area contributed by atoms with Crippen molar-refractivity contribution in [2.75, 3.05) is 12.3 Å². The molecule has 1 unspecified atom stereocenters. The third-order valence-electron chi connectivity index (χ3n) is 5.46. The van der Waals surface area contributed by atoms with E-state index in [1.165, 1.54) is 77.0 Å². The number of benzene rings is 1. The van der Waals surface area contributed by atoms with Gasteiger partial charge in [-0.2, -0.15) is 0 Å². The Morgan fingerprint density at radius 1 is 0.897 bits per heavy atom. The van der Waals surface area contributed by atoms with E-state index in [4.69, 9.17) is 10.5 Å². The number of ether oxygens (including phenoxy) is 1. The van der Waals surface area contributed by atoms with Gasteiger partial charge in [0.25, 0.3) is 0 Å². The number of unbranched alkanes of at least 4 members (excludes halogenated alkanes) is 8. The summed E-state index contributed by atoms with van der Waals surface area (Å²) in [5, 5.41) is 3.67. The van der Waals surface area contributed by atoms with Crippen LogP contribution in [0.4, 0.5) is 5.69 Å². The van der Waals surface area contributed by atoms with Crippen LogP contribution in [0.5, 0.6) is 0 Å². The largest absolute Gasteiger partial charge is 0.458 e. The quantitative estimate of drug-likeness (QED) is 0.177. The summed E-state index contributed by atoms with van der Waals surface area (Å²) in [5.41, 5.74) is 6.88. The molecule has 0 fully saturated rings. The van der Waals surface area contributed by atoms with Crippen molar-refractivity contribution < 1.29 is 9.53 Å². The second-order valence-electron chi connectivity index (χ2n) is 8.35. The number of hydrogen-bond donors (Lipinski definition) is 2. The molecule has 0 saturated carbocycles. The van der Waals surface area contributed by atoms with Crippen LogP contribution in [0.1, 0.15) is 108 Å². The zero-order chi connectivity index (χ0) is 21.3. The molecule has 1 aromatic rings. The molecule has 0 aromatic heterocycles. The Labute approximate surface area is 179 Å². The fourth-order valence-electron chi connectivity index (χ4n) is 3.58. The van der Waals surface area contributed by atoms with Crippen LogP contribution in [0, 0.1) is 0 Å². The Kier molecular flexibility index (Phi) is 14.3. The summed E-state index contributed by atoms with van der Waals surface area (Å²) in [6, 6.07) is 7.41. The molecule has 0 spiro atoms. The molecule has 0 saturated heterocycles. The van der Waals surface area contributed by atoms with Crippen LogP contribution in [0.15, 0.2) is 24.3 Å². The SMILES string of the molecule is CCCCCCCC(CCCCCCC)NCC(C)OC(=O)c1ccc(N)cc1. The van der Waals surface area contributed by atoms with Gasteiger partial charge >= 0.3 is 5.97 Å². The molecule has 166 valence electrons. The predicted molar refractivity (Wildman–Crippen MR) is 124 cm³/mol. The Hall–Kier alpha value is -1.55. The smallest absolute Gasteiger partial charge is 0.338 e. The molecule has 0 amide bonds. The van der Waals surface area contributed by atoms with Crippen molar-refractivity contribution in [1.29, 1.82) is 0 Å². The molecule has 3 N–H and O–H groups in total. The molecule has 0 heterocycles. The molecule has 29 heavy (non-hydrogen) atoms. The molecule has 0 radical (unpaired) electrons. The van der Waals surface area contributed by atoms with Crippen LogP contribution >= 0.6 is 0 Å². The first-order valence-electron chi connectivity index (χ1n) is 11.9. The van der Waals surface area contributed by atoms with Crippen LogP contribution in [0.2, 0.25) is 0 Å². The van der Waals surface area contributed by atoms with E-state index in [2.05, 4.69) is 19.2 Å². The molecule has 4 nitrogen and oxygen atoms in total. The minimum absolute atomic E-state index is 0.150. The molecule has 0 aliphatic rings. The van der Waals surface area contributed by atoms with Gasteiger partial charge in [0, 0.05) is 18.3 Å². The van der Waals surface area contributed by atoms with Crippen LogP contribution in [-0.4, -0.2) is 24.7 Å². The molecule has 0 aliphatic heterocycles. The topological polar surface area (TPSA) is 64.3 Å². The lowest BCUT2D eigenvalue weighted by molar-refractivity contribution is 0.0335. The lowest BCUT2D eigenvalue weighted by Crippen LogP contribution is -2.36. The highest BCUT2D eigenvalue weighted by molar-refractivity contribution is 5.89. The molecule has 1 aromatic carbocycles. The average Bonchev–Trinajstić information content (AvgIpc) is 2.71. The van der Waals surface area contributed by atoms with E-state index < -0.39 is 0 Å². The molecular formula is C25H44N2O2. The summed E-state index contributed by atoms with van der Waals surface area (Å²) in [4.78, 5) is 12.3. The highest BCUT2D eigenvalue weighted by Crippen LogP contribution is 2.14. The van der Waals surface area contributed by atoms with Gasteiger partial charge in [-0.1, -0.05) is 78.1 Å². The summed E-state index contributed by atoms with van der Waals surface area (Å²) in [6.45, 7) is 7.18. The fourth-order valence-corrected chi connectivity index (χ4v) is 3.58.